The Balaban J connectivity index is 2.33. The first-order valence-electron chi connectivity index (χ1n) is 6.64. The Labute approximate surface area is 126 Å². The van der Waals surface area contributed by atoms with Gasteiger partial charge in [0.1, 0.15) is 17.5 Å². The van der Waals surface area contributed by atoms with Crippen LogP contribution >= 0.6 is 11.6 Å². The molecular weight excluding hydrogens is 299 g/mol. The number of halogens is 4. The summed E-state index contributed by atoms with van der Waals surface area (Å²) in [5, 5.41) is 3.12. The van der Waals surface area contributed by atoms with Crippen molar-refractivity contribution in [3.8, 4) is 0 Å². The van der Waals surface area contributed by atoms with Crippen LogP contribution in [0.5, 0.6) is 0 Å². The van der Waals surface area contributed by atoms with Crippen LogP contribution in [0.15, 0.2) is 36.4 Å². The van der Waals surface area contributed by atoms with E-state index < -0.39 is 23.5 Å². The monoisotopic (exact) mass is 313 g/mol. The summed E-state index contributed by atoms with van der Waals surface area (Å²) in [5.41, 5.74) is 0.584. The molecule has 1 atom stereocenters. The van der Waals surface area contributed by atoms with E-state index in [1.807, 2.05) is 6.92 Å². The molecule has 0 bridgehead atoms. The van der Waals surface area contributed by atoms with Gasteiger partial charge in [-0.3, -0.25) is 0 Å². The van der Waals surface area contributed by atoms with Crippen molar-refractivity contribution in [1.82, 2.24) is 5.32 Å². The topological polar surface area (TPSA) is 12.0 Å². The Morgan fingerprint density at radius 2 is 1.71 bits per heavy atom. The van der Waals surface area contributed by atoms with Crippen LogP contribution in [-0.2, 0) is 6.42 Å². The molecule has 0 amide bonds. The number of benzene rings is 2. The van der Waals surface area contributed by atoms with E-state index in [2.05, 4.69) is 5.32 Å². The molecule has 2 aromatic rings. The molecule has 5 heteroatoms. The number of hydrogen-bond acceptors (Lipinski definition) is 1. The van der Waals surface area contributed by atoms with Gasteiger partial charge < -0.3 is 5.32 Å². The Morgan fingerprint density at radius 1 is 1.05 bits per heavy atom. The molecule has 21 heavy (non-hydrogen) atoms. The first-order chi connectivity index (χ1) is 10.0. The fourth-order valence-corrected chi connectivity index (χ4v) is 2.33. The maximum Gasteiger partial charge on any atom is 0.142 e. The van der Waals surface area contributed by atoms with Gasteiger partial charge >= 0.3 is 0 Å². The van der Waals surface area contributed by atoms with Crippen molar-refractivity contribution in [2.75, 3.05) is 6.54 Å². The third-order valence-electron chi connectivity index (χ3n) is 3.27. The normalized spacial score (nSPS) is 12.4. The zero-order valence-electron chi connectivity index (χ0n) is 11.5. The Kier molecular flexibility index (Phi) is 5.26. The summed E-state index contributed by atoms with van der Waals surface area (Å²) < 4.78 is 41.1. The predicted molar refractivity (Wildman–Crippen MR) is 77.9 cm³/mol. The second kappa shape index (κ2) is 6.96. The lowest BCUT2D eigenvalue weighted by Crippen LogP contribution is -2.24. The van der Waals surface area contributed by atoms with Gasteiger partial charge in [-0.2, -0.15) is 0 Å². The summed E-state index contributed by atoms with van der Waals surface area (Å²) in [5.74, 6) is -1.76. The standard InChI is InChI=1S/C16H15ClF3N/c1-2-21-16(10-6-7-12(17)15(20)8-10)9-11-13(18)4-3-5-14(11)19/h3-8,16,21H,2,9H2,1H3. The lowest BCUT2D eigenvalue weighted by atomic mass is 9.98. The minimum absolute atomic E-state index is 0.0150. The van der Waals surface area contributed by atoms with Crippen molar-refractivity contribution in [1.29, 1.82) is 0 Å². The van der Waals surface area contributed by atoms with E-state index in [4.69, 9.17) is 11.6 Å². The molecule has 0 saturated carbocycles. The van der Waals surface area contributed by atoms with Gasteiger partial charge in [0.15, 0.2) is 0 Å². The molecule has 0 aliphatic heterocycles. The van der Waals surface area contributed by atoms with E-state index in [0.29, 0.717) is 12.1 Å². The van der Waals surface area contributed by atoms with Crippen molar-refractivity contribution >= 4 is 11.6 Å². The maximum absolute atomic E-state index is 13.7. The van der Waals surface area contributed by atoms with Crippen LogP contribution in [0.4, 0.5) is 13.2 Å². The van der Waals surface area contributed by atoms with Crippen LogP contribution in [0.25, 0.3) is 0 Å². The molecule has 112 valence electrons. The summed E-state index contributed by atoms with van der Waals surface area (Å²) in [4.78, 5) is 0. The van der Waals surface area contributed by atoms with Gasteiger partial charge in [0.25, 0.3) is 0 Å². The predicted octanol–water partition coefficient (Wildman–Crippen LogP) is 4.65. The molecular formula is C16H15ClF3N. The Hall–Kier alpha value is -1.52. The molecule has 0 radical (unpaired) electrons. The van der Waals surface area contributed by atoms with Gasteiger partial charge in [-0.25, -0.2) is 13.2 Å². The van der Waals surface area contributed by atoms with Gasteiger partial charge in [-0.05, 0) is 42.8 Å². The summed E-state index contributed by atoms with van der Waals surface area (Å²) in [7, 11) is 0. The average molecular weight is 314 g/mol. The first-order valence-corrected chi connectivity index (χ1v) is 7.02. The highest BCUT2D eigenvalue weighted by Crippen LogP contribution is 2.25. The van der Waals surface area contributed by atoms with Crippen LogP contribution in [0.3, 0.4) is 0 Å². The second-order valence-electron chi connectivity index (χ2n) is 4.69. The van der Waals surface area contributed by atoms with E-state index in [9.17, 15) is 13.2 Å². The second-order valence-corrected chi connectivity index (χ2v) is 5.10. The third kappa shape index (κ3) is 3.77. The fourth-order valence-electron chi connectivity index (χ4n) is 2.21. The molecule has 0 fully saturated rings. The van der Waals surface area contributed by atoms with Crippen molar-refractivity contribution in [3.63, 3.8) is 0 Å². The minimum atomic E-state index is -0.604. The molecule has 1 nitrogen and oxygen atoms in total. The largest absolute Gasteiger partial charge is 0.310 e. The van der Waals surface area contributed by atoms with Crippen molar-refractivity contribution in [3.05, 3.63) is 70.0 Å². The van der Waals surface area contributed by atoms with Crippen molar-refractivity contribution in [2.45, 2.75) is 19.4 Å². The Bertz CT molecular complexity index is 611. The van der Waals surface area contributed by atoms with Crippen LogP contribution < -0.4 is 5.32 Å². The molecule has 2 rings (SSSR count). The highest BCUT2D eigenvalue weighted by atomic mass is 35.5. The van der Waals surface area contributed by atoms with Gasteiger partial charge in [0.2, 0.25) is 0 Å². The zero-order chi connectivity index (χ0) is 15.4. The number of nitrogens with one attached hydrogen (secondary N) is 1. The SMILES string of the molecule is CCNC(Cc1c(F)cccc1F)c1ccc(Cl)c(F)c1. The summed E-state index contributed by atoms with van der Waals surface area (Å²) in [6, 6.07) is 7.72. The quantitative estimate of drug-likeness (QED) is 0.847. The molecule has 0 aliphatic rings. The van der Waals surface area contributed by atoms with Gasteiger partial charge in [-0.1, -0.05) is 30.7 Å². The van der Waals surface area contributed by atoms with Crippen LogP contribution in [0.2, 0.25) is 5.02 Å². The van der Waals surface area contributed by atoms with Crippen LogP contribution in [0, 0.1) is 17.5 Å². The number of hydrogen-bond donors (Lipinski definition) is 1. The van der Waals surface area contributed by atoms with Gasteiger partial charge in [-0.15, -0.1) is 0 Å². The molecule has 0 spiro atoms. The summed E-state index contributed by atoms with van der Waals surface area (Å²) in [6.45, 7) is 2.46. The molecule has 2 aromatic carbocycles. The molecule has 1 unspecified atom stereocenters. The fraction of sp³-hybridized carbons (Fsp3) is 0.250. The smallest absolute Gasteiger partial charge is 0.142 e. The van der Waals surface area contributed by atoms with E-state index in [1.165, 1.54) is 30.3 Å². The lowest BCUT2D eigenvalue weighted by molar-refractivity contribution is 0.497. The van der Waals surface area contributed by atoms with Crippen LogP contribution in [0.1, 0.15) is 24.1 Å². The van der Waals surface area contributed by atoms with Crippen molar-refractivity contribution < 1.29 is 13.2 Å². The van der Waals surface area contributed by atoms with Crippen molar-refractivity contribution in [2.24, 2.45) is 0 Å². The van der Waals surface area contributed by atoms with E-state index >= 15 is 0 Å². The van der Waals surface area contributed by atoms with E-state index in [1.54, 1.807) is 6.07 Å². The van der Waals surface area contributed by atoms with E-state index in [0.717, 1.165) is 0 Å². The summed E-state index contributed by atoms with van der Waals surface area (Å²) >= 11 is 5.66. The molecule has 0 heterocycles. The van der Waals surface area contributed by atoms with Gasteiger partial charge in [0.05, 0.1) is 5.02 Å². The average Bonchev–Trinajstić information content (AvgIpc) is 2.45. The lowest BCUT2D eigenvalue weighted by Gasteiger charge is -2.19. The minimum Gasteiger partial charge on any atom is -0.310 e. The Morgan fingerprint density at radius 3 is 2.29 bits per heavy atom. The number of rotatable bonds is 5. The highest BCUT2D eigenvalue weighted by molar-refractivity contribution is 6.30. The third-order valence-corrected chi connectivity index (χ3v) is 3.57. The molecule has 1 N–H and O–H groups in total. The zero-order valence-corrected chi connectivity index (χ0v) is 12.2. The number of likely N-dealkylation sites (N-methyl/N-ethyl adjacent to an activating group) is 1. The molecule has 0 saturated heterocycles. The van der Waals surface area contributed by atoms with Gasteiger partial charge in [0, 0.05) is 11.6 Å². The van der Waals surface area contributed by atoms with E-state index in [-0.39, 0.29) is 17.0 Å². The van der Waals surface area contributed by atoms with Crippen LogP contribution in [-0.4, -0.2) is 6.54 Å². The molecule has 0 aliphatic carbocycles. The molecule has 0 aromatic heterocycles. The highest BCUT2D eigenvalue weighted by Gasteiger charge is 2.17. The summed E-state index contributed by atoms with van der Waals surface area (Å²) in [6.07, 6.45) is 0.0907. The first kappa shape index (κ1) is 15.9. The maximum atomic E-state index is 13.7.